The summed E-state index contributed by atoms with van der Waals surface area (Å²) in [7, 11) is 3.29. The molecule has 0 unspecified atom stereocenters. The molecule has 5 nitrogen and oxygen atoms in total. The summed E-state index contributed by atoms with van der Waals surface area (Å²) in [6, 6.07) is 13.9. The zero-order chi connectivity index (χ0) is 20.6. The Bertz CT molecular complexity index is 780. The summed E-state index contributed by atoms with van der Waals surface area (Å²) in [5.41, 5.74) is 2.14. The quantitative estimate of drug-likeness (QED) is 0.704. The minimum atomic E-state index is -0.258. The summed E-state index contributed by atoms with van der Waals surface area (Å²) in [6.07, 6.45) is 2.88. The van der Waals surface area contributed by atoms with Crippen molar-refractivity contribution < 1.29 is 19.0 Å². The highest BCUT2D eigenvalue weighted by Gasteiger charge is 2.14. The average Bonchev–Trinajstić information content (AvgIpc) is 2.65. The van der Waals surface area contributed by atoms with Gasteiger partial charge in [0.25, 0.3) is 5.91 Å². The summed E-state index contributed by atoms with van der Waals surface area (Å²) in [5.74, 6) is 2.09. The lowest BCUT2D eigenvalue weighted by Crippen LogP contribution is -2.43. The number of hydrogen-bond acceptors (Lipinski definition) is 4. The van der Waals surface area contributed by atoms with Crippen LogP contribution in [0.15, 0.2) is 42.5 Å². The lowest BCUT2D eigenvalue weighted by atomic mass is 10.0. The minimum absolute atomic E-state index is 0.0202. The van der Waals surface area contributed by atoms with Gasteiger partial charge in [-0.25, -0.2) is 0 Å². The van der Waals surface area contributed by atoms with E-state index in [0.29, 0.717) is 5.75 Å². The van der Waals surface area contributed by atoms with E-state index in [4.69, 9.17) is 14.2 Å². The van der Waals surface area contributed by atoms with Crippen LogP contribution in [0.1, 0.15) is 38.3 Å². The van der Waals surface area contributed by atoms with Gasteiger partial charge in [-0.2, -0.15) is 0 Å². The largest absolute Gasteiger partial charge is 0.493 e. The third-order valence-corrected chi connectivity index (χ3v) is 4.16. The molecule has 0 aliphatic heterocycles. The molecule has 0 saturated carbocycles. The molecule has 0 aromatic heterocycles. The highest BCUT2D eigenvalue weighted by molar-refractivity contribution is 5.78. The maximum atomic E-state index is 11.9. The van der Waals surface area contributed by atoms with Gasteiger partial charge in [-0.15, -0.1) is 0 Å². The van der Waals surface area contributed by atoms with Crippen molar-refractivity contribution in [3.63, 3.8) is 0 Å². The van der Waals surface area contributed by atoms with Crippen LogP contribution >= 0.6 is 0 Å². The maximum absolute atomic E-state index is 11.9. The second kappa shape index (κ2) is 10.0. The molecule has 2 rings (SSSR count). The Kier molecular flexibility index (Phi) is 7.73. The molecule has 0 aliphatic carbocycles. The van der Waals surface area contributed by atoms with Crippen LogP contribution in [0.25, 0.3) is 0 Å². The number of amides is 1. The lowest BCUT2D eigenvalue weighted by Gasteiger charge is -2.20. The predicted octanol–water partition coefficient (Wildman–Crippen LogP) is 4.17. The van der Waals surface area contributed by atoms with Crippen molar-refractivity contribution in [2.24, 2.45) is 0 Å². The van der Waals surface area contributed by atoms with Gasteiger partial charge in [0.1, 0.15) is 5.75 Å². The third kappa shape index (κ3) is 7.14. The number of carbonyl (C=O) groups is 1. The Morgan fingerprint density at radius 1 is 0.929 bits per heavy atom. The van der Waals surface area contributed by atoms with E-state index in [1.54, 1.807) is 14.2 Å². The number of ether oxygens (including phenoxy) is 3. The van der Waals surface area contributed by atoms with Crippen LogP contribution in [0.5, 0.6) is 17.2 Å². The number of carbonyl (C=O) groups excluding carboxylic acids is 1. The molecule has 1 N–H and O–H groups in total. The number of aryl methyl sites for hydroxylation is 2. The van der Waals surface area contributed by atoms with Crippen molar-refractivity contribution in [1.29, 1.82) is 0 Å². The fraction of sp³-hybridized carbons (Fsp3) is 0.435. The van der Waals surface area contributed by atoms with Gasteiger partial charge in [0.2, 0.25) is 0 Å². The van der Waals surface area contributed by atoms with Crippen LogP contribution in [0.2, 0.25) is 0 Å². The van der Waals surface area contributed by atoms with Crippen molar-refractivity contribution in [1.82, 2.24) is 5.32 Å². The number of hydrogen-bond donors (Lipinski definition) is 1. The molecule has 0 radical (unpaired) electrons. The molecule has 1 amide bonds. The van der Waals surface area contributed by atoms with E-state index in [1.807, 2.05) is 51.1 Å². The summed E-state index contributed by atoms with van der Waals surface area (Å²) < 4.78 is 16.3. The minimum Gasteiger partial charge on any atom is -0.493 e. The van der Waals surface area contributed by atoms with Crippen molar-refractivity contribution in [2.75, 3.05) is 20.8 Å². The number of benzene rings is 2. The molecule has 5 heteroatoms. The first-order valence-corrected chi connectivity index (χ1v) is 9.54. The zero-order valence-corrected chi connectivity index (χ0v) is 17.5. The van der Waals surface area contributed by atoms with Crippen molar-refractivity contribution in [3.05, 3.63) is 53.6 Å². The Morgan fingerprint density at radius 2 is 1.61 bits per heavy atom. The summed E-state index contributed by atoms with van der Waals surface area (Å²) >= 11 is 0. The van der Waals surface area contributed by atoms with Gasteiger partial charge in [0.15, 0.2) is 18.1 Å². The molecule has 0 saturated heterocycles. The Hall–Kier alpha value is -2.69. The molecule has 2 aromatic carbocycles. The Labute approximate surface area is 168 Å². The molecule has 0 bridgehead atoms. The van der Waals surface area contributed by atoms with E-state index in [1.165, 1.54) is 11.1 Å². The summed E-state index contributed by atoms with van der Waals surface area (Å²) in [6.45, 7) is 5.87. The van der Waals surface area contributed by atoms with E-state index < -0.39 is 0 Å². The van der Waals surface area contributed by atoms with Crippen molar-refractivity contribution >= 4 is 5.91 Å². The molecule has 0 aliphatic rings. The number of methoxy groups -OCH3 is 2. The van der Waals surface area contributed by atoms with Crippen molar-refractivity contribution in [3.8, 4) is 17.2 Å². The Balaban J connectivity index is 1.85. The fourth-order valence-electron chi connectivity index (χ4n) is 2.93. The van der Waals surface area contributed by atoms with Crippen LogP contribution in [0.3, 0.4) is 0 Å². The van der Waals surface area contributed by atoms with E-state index in [9.17, 15) is 4.79 Å². The van der Waals surface area contributed by atoms with Crippen LogP contribution in [-0.2, 0) is 17.6 Å². The normalized spacial score (nSPS) is 11.0. The van der Waals surface area contributed by atoms with Gasteiger partial charge in [0, 0.05) is 5.54 Å². The lowest BCUT2D eigenvalue weighted by molar-refractivity contribution is -0.124. The third-order valence-electron chi connectivity index (χ3n) is 4.16. The first kappa shape index (κ1) is 21.6. The van der Waals surface area contributed by atoms with Gasteiger partial charge in [0.05, 0.1) is 14.2 Å². The zero-order valence-electron chi connectivity index (χ0n) is 17.5. The van der Waals surface area contributed by atoms with Gasteiger partial charge in [-0.05, 0) is 75.4 Å². The molecule has 0 spiro atoms. The van der Waals surface area contributed by atoms with Crippen molar-refractivity contribution in [2.45, 2.75) is 45.6 Å². The van der Waals surface area contributed by atoms with E-state index >= 15 is 0 Å². The van der Waals surface area contributed by atoms with Gasteiger partial charge < -0.3 is 19.5 Å². The predicted molar refractivity (Wildman–Crippen MR) is 111 cm³/mol. The van der Waals surface area contributed by atoms with Crippen LogP contribution in [0.4, 0.5) is 0 Å². The highest BCUT2D eigenvalue weighted by Crippen LogP contribution is 2.28. The van der Waals surface area contributed by atoms with E-state index in [2.05, 4.69) is 17.4 Å². The molecular weight excluding hydrogens is 354 g/mol. The molecule has 0 fully saturated rings. The molecule has 2 aromatic rings. The summed E-state index contributed by atoms with van der Waals surface area (Å²) in [5, 5.41) is 2.89. The average molecular weight is 386 g/mol. The highest BCUT2D eigenvalue weighted by atomic mass is 16.5. The van der Waals surface area contributed by atoms with Crippen LogP contribution in [0, 0.1) is 0 Å². The van der Waals surface area contributed by atoms with Gasteiger partial charge in [-0.3, -0.25) is 4.79 Å². The fourth-order valence-corrected chi connectivity index (χ4v) is 2.93. The van der Waals surface area contributed by atoms with E-state index in [-0.39, 0.29) is 18.1 Å². The summed E-state index contributed by atoms with van der Waals surface area (Å²) in [4.78, 5) is 11.9. The maximum Gasteiger partial charge on any atom is 0.258 e. The van der Waals surface area contributed by atoms with Gasteiger partial charge in [-0.1, -0.05) is 18.2 Å². The topological polar surface area (TPSA) is 56.8 Å². The molecule has 0 atom stereocenters. The second-order valence-electron chi connectivity index (χ2n) is 7.78. The monoisotopic (exact) mass is 385 g/mol. The van der Waals surface area contributed by atoms with Gasteiger partial charge >= 0.3 is 0 Å². The molecule has 152 valence electrons. The van der Waals surface area contributed by atoms with E-state index in [0.717, 1.165) is 30.8 Å². The van der Waals surface area contributed by atoms with Crippen LogP contribution < -0.4 is 19.5 Å². The first-order valence-electron chi connectivity index (χ1n) is 9.54. The standard InChI is InChI=1S/C23H31NO4/c1-23(2,3)24-22(25)16-28-19-11-7-10-17(14-19)8-6-9-18-12-13-20(26-4)21(15-18)27-5/h7,10-15H,6,8-9,16H2,1-5H3,(H,24,25). The molecule has 0 heterocycles. The SMILES string of the molecule is COc1ccc(CCCc2cccc(OCC(=O)NC(C)(C)C)c2)cc1OC. The first-order chi connectivity index (χ1) is 13.3. The van der Waals surface area contributed by atoms with Crippen LogP contribution in [-0.4, -0.2) is 32.3 Å². The molecular formula is C23H31NO4. The number of nitrogens with one attached hydrogen (secondary N) is 1. The molecule has 28 heavy (non-hydrogen) atoms. The smallest absolute Gasteiger partial charge is 0.258 e. The number of rotatable bonds is 9. The second-order valence-corrected chi connectivity index (χ2v) is 7.78. The Morgan fingerprint density at radius 3 is 2.25 bits per heavy atom.